The number of carbonyl (C=O) groups is 1. The second kappa shape index (κ2) is 3.34. The highest BCUT2D eigenvalue weighted by atomic mass is 16.4. The summed E-state index contributed by atoms with van der Waals surface area (Å²) in [6.07, 6.45) is 6.27. The Kier molecular flexibility index (Phi) is 2.19. The van der Waals surface area contributed by atoms with E-state index in [2.05, 4.69) is 17.5 Å². The Hall–Kier alpha value is -1.09. The molecular formula is C10H13NO2. The molecule has 1 aliphatic carbocycles. The maximum absolute atomic E-state index is 10.9. The van der Waals surface area contributed by atoms with Gasteiger partial charge in [-0.25, -0.2) is 0 Å². The number of nitrogens with one attached hydrogen (secondary N) is 1. The molecular weight excluding hydrogens is 166 g/mol. The first kappa shape index (κ1) is 8.51. The lowest BCUT2D eigenvalue weighted by molar-refractivity contribution is -0.140. The normalized spacial score (nSPS) is 27.2. The van der Waals surface area contributed by atoms with Gasteiger partial charge in [0.2, 0.25) is 0 Å². The second-order valence-corrected chi connectivity index (χ2v) is 3.49. The van der Waals surface area contributed by atoms with Gasteiger partial charge in [0.1, 0.15) is 0 Å². The molecule has 0 amide bonds. The average Bonchev–Trinajstić information content (AvgIpc) is 2.17. The number of piperidine rings is 1. The molecule has 1 aliphatic heterocycles. The molecule has 2 aliphatic rings. The summed E-state index contributed by atoms with van der Waals surface area (Å²) in [5, 5.41) is 12.1. The topological polar surface area (TPSA) is 49.3 Å². The van der Waals surface area contributed by atoms with Gasteiger partial charge in [0.15, 0.2) is 0 Å². The summed E-state index contributed by atoms with van der Waals surface area (Å²) in [5.74, 6) is -1.05. The Morgan fingerprint density at radius 2 is 2.23 bits per heavy atom. The van der Waals surface area contributed by atoms with Gasteiger partial charge in [0.25, 0.3) is 0 Å². The van der Waals surface area contributed by atoms with Crippen LogP contribution in [0.15, 0.2) is 23.3 Å². The predicted octanol–water partition coefficient (Wildman–Crippen LogP) is 0.937. The van der Waals surface area contributed by atoms with E-state index in [-0.39, 0.29) is 5.92 Å². The zero-order valence-electron chi connectivity index (χ0n) is 7.42. The summed E-state index contributed by atoms with van der Waals surface area (Å²) >= 11 is 0. The molecule has 0 aromatic heterocycles. The molecule has 1 atom stereocenters. The maximum atomic E-state index is 10.9. The number of fused-ring (bicyclic) bond motifs is 1. The summed E-state index contributed by atoms with van der Waals surface area (Å²) in [4.78, 5) is 10.9. The first-order chi connectivity index (χ1) is 6.29. The molecule has 2 N–H and O–H groups in total. The molecule has 3 nitrogen and oxygen atoms in total. The molecule has 0 radical (unpaired) electrons. The molecule has 0 saturated carbocycles. The average molecular weight is 179 g/mol. The van der Waals surface area contributed by atoms with Crippen molar-refractivity contribution in [2.45, 2.75) is 12.8 Å². The lowest BCUT2D eigenvalue weighted by Crippen LogP contribution is -2.38. The van der Waals surface area contributed by atoms with E-state index < -0.39 is 5.97 Å². The van der Waals surface area contributed by atoms with Crippen LogP contribution >= 0.6 is 0 Å². The standard InChI is InChI=1S/C10H13NO2/c12-10(13)9-6-11-5-7-3-1-2-4-8(7)9/h3-4,9,11H,1-2,5-6H2,(H,12,13). The number of hydrogen-bond acceptors (Lipinski definition) is 2. The van der Waals surface area contributed by atoms with Crippen LogP contribution in [0.2, 0.25) is 0 Å². The lowest BCUT2D eigenvalue weighted by Gasteiger charge is -2.27. The zero-order valence-corrected chi connectivity index (χ0v) is 7.42. The fourth-order valence-corrected chi connectivity index (χ4v) is 1.97. The minimum atomic E-state index is -0.716. The Morgan fingerprint density at radius 1 is 1.46 bits per heavy atom. The van der Waals surface area contributed by atoms with Crippen LogP contribution in [0, 0.1) is 5.92 Å². The maximum Gasteiger partial charge on any atom is 0.312 e. The van der Waals surface area contributed by atoms with E-state index in [0.717, 1.165) is 25.0 Å². The molecule has 70 valence electrons. The van der Waals surface area contributed by atoms with Crippen LogP contribution < -0.4 is 5.32 Å². The van der Waals surface area contributed by atoms with Crippen LogP contribution in [0.25, 0.3) is 0 Å². The summed E-state index contributed by atoms with van der Waals surface area (Å²) in [5.41, 5.74) is 2.22. The molecule has 13 heavy (non-hydrogen) atoms. The fraction of sp³-hybridized carbons (Fsp3) is 0.500. The number of carboxylic acids is 1. The monoisotopic (exact) mass is 179 g/mol. The van der Waals surface area contributed by atoms with Crippen LogP contribution in [-0.4, -0.2) is 24.2 Å². The van der Waals surface area contributed by atoms with Crippen LogP contribution in [0.1, 0.15) is 12.8 Å². The quantitative estimate of drug-likeness (QED) is 0.629. The van der Waals surface area contributed by atoms with Crippen molar-refractivity contribution in [3.8, 4) is 0 Å². The van der Waals surface area contributed by atoms with E-state index in [1.807, 2.05) is 0 Å². The molecule has 1 heterocycles. The minimum absolute atomic E-state index is 0.333. The van der Waals surface area contributed by atoms with Gasteiger partial charge < -0.3 is 10.4 Å². The van der Waals surface area contributed by atoms with E-state index in [1.54, 1.807) is 0 Å². The first-order valence-electron chi connectivity index (χ1n) is 4.62. The third-order valence-corrected chi connectivity index (χ3v) is 2.63. The molecule has 1 unspecified atom stereocenters. The van der Waals surface area contributed by atoms with Crippen LogP contribution in [0.5, 0.6) is 0 Å². The number of hydrogen-bond donors (Lipinski definition) is 2. The lowest BCUT2D eigenvalue weighted by atomic mass is 9.85. The van der Waals surface area contributed by atoms with Crippen molar-refractivity contribution in [2.75, 3.05) is 13.1 Å². The molecule has 0 spiro atoms. The van der Waals surface area contributed by atoms with Crippen molar-refractivity contribution in [1.82, 2.24) is 5.32 Å². The van der Waals surface area contributed by atoms with Crippen LogP contribution in [-0.2, 0) is 4.79 Å². The summed E-state index contributed by atoms with van der Waals surface area (Å²) < 4.78 is 0. The third kappa shape index (κ3) is 1.52. The molecule has 0 bridgehead atoms. The number of rotatable bonds is 1. The summed E-state index contributed by atoms with van der Waals surface area (Å²) in [7, 11) is 0. The van der Waals surface area contributed by atoms with Crippen molar-refractivity contribution in [1.29, 1.82) is 0 Å². The van der Waals surface area contributed by atoms with Crippen molar-refractivity contribution in [2.24, 2.45) is 5.92 Å². The van der Waals surface area contributed by atoms with Crippen molar-refractivity contribution in [3.63, 3.8) is 0 Å². The van der Waals surface area contributed by atoms with Gasteiger partial charge >= 0.3 is 5.97 Å². The van der Waals surface area contributed by atoms with Crippen molar-refractivity contribution in [3.05, 3.63) is 23.3 Å². The molecule has 0 aromatic carbocycles. The largest absolute Gasteiger partial charge is 0.481 e. The minimum Gasteiger partial charge on any atom is -0.481 e. The first-order valence-corrected chi connectivity index (χ1v) is 4.62. The van der Waals surface area contributed by atoms with Gasteiger partial charge in [0.05, 0.1) is 5.92 Å². The fourth-order valence-electron chi connectivity index (χ4n) is 1.97. The Morgan fingerprint density at radius 3 is 3.00 bits per heavy atom. The van der Waals surface area contributed by atoms with E-state index in [9.17, 15) is 4.79 Å². The van der Waals surface area contributed by atoms with Crippen LogP contribution in [0.4, 0.5) is 0 Å². The highest BCUT2D eigenvalue weighted by Crippen LogP contribution is 2.28. The van der Waals surface area contributed by atoms with Crippen molar-refractivity contribution < 1.29 is 9.90 Å². The summed E-state index contributed by atoms with van der Waals surface area (Å²) in [6, 6.07) is 0. The highest BCUT2D eigenvalue weighted by molar-refractivity contribution is 5.76. The van der Waals surface area contributed by atoms with Gasteiger partial charge in [-0.2, -0.15) is 0 Å². The van der Waals surface area contributed by atoms with Gasteiger partial charge in [-0.05, 0) is 24.0 Å². The van der Waals surface area contributed by atoms with E-state index in [0.29, 0.717) is 6.54 Å². The van der Waals surface area contributed by atoms with Gasteiger partial charge in [-0.15, -0.1) is 0 Å². The molecule has 1 fully saturated rings. The predicted molar refractivity (Wildman–Crippen MR) is 49.4 cm³/mol. The zero-order chi connectivity index (χ0) is 9.26. The highest BCUT2D eigenvalue weighted by Gasteiger charge is 2.28. The summed E-state index contributed by atoms with van der Waals surface area (Å²) in [6.45, 7) is 1.40. The van der Waals surface area contributed by atoms with E-state index in [1.165, 1.54) is 5.57 Å². The van der Waals surface area contributed by atoms with E-state index >= 15 is 0 Å². The smallest absolute Gasteiger partial charge is 0.312 e. The molecule has 0 aromatic rings. The molecule has 3 heteroatoms. The second-order valence-electron chi connectivity index (χ2n) is 3.49. The number of allylic oxidation sites excluding steroid dienone is 2. The Balaban J connectivity index is 2.26. The van der Waals surface area contributed by atoms with Gasteiger partial charge in [-0.1, -0.05) is 12.2 Å². The van der Waals surface area contributed by atoms with Crippen molar-refractivity contribution >= 4 is 5.97 Å². The number of aliphatic carboxylic acids is 1. The van der Waals surface area contributed by atoms with Gasteiger partial charge in [0, 0.05) is 13.1 Å². The third-order valence-electron chi connectivity index (χ3n) is 2.63. The SMILES string of the molecule is O=C(O)C1CNCC2=CCCC=C21. The number of carboxylic acid groups (broad SMARTS) is 1. The Labute approximate surface area is 77.1 Å². The molecule has 2 rings (SSSR count). The van der Waals surface area contributed by atoms with Gasteiger partial charge in [-0.3, -0.25) is 4.79 Å². The van der Waals surface area contributed by atoms with Crippen LogP contribution in [0.3, 0.4) is 0 Å². The molecule has 1 saturated heterocycles. The van der Waals surface area contributed by atoms with E-state index in [4.69, 9.17) is 5.11 Å². The Bertz CT molecular complexity index is 291.